The highest BCUT2D eigenvalue weighted by Crippen LogP contribution is 2.48. The lowest BCUT2D eigenvalue weighted by Crippen LogP contribution is -2.39. The van der Waals surface area contributed by atoms with Crippen molar-refractivity contribution in [3.63, 3.8) is 0 Å². The van der Waals surface area contributed by atoms with Crippen LogP contribution in [0.4, 0.5) is 13.2 Å². The Kier molecular flexibility index (Phi) is 7.64. The Bertz CT molecular complexity index is 1360. The van der Waals surface area contributed by atoms with E-state index in [0.717, 1.165) is 36.6 Å². The van der Waals surface area contributed by atoms with Crippen molar-refractivity contribution in [2.24, 2.45) is 5.92 Å². The average molecular weight is 532 g/mol. The summed E-state index contributed by atoms with van der Waals surface area (Å²) >= 11 is 0. The molecule has 0 aliphatic heterocycles. The molecule has 1 fully saturated rings. The van der Waals surface area contributed by atoms with Crippen molar-refractivity contribution < 1.29 is 30.6 Å². The van der Waals surface area contributed by atoms with Gasteiger partial charge in [-0.25, -0.2) is 0 Å². The molecule has 1 saturated carbocycles. The zero-order chi connectivity index (χ0) is 26.8. The number of benzene rings is 3. The number of carbonyl (C=O) groups is 1. The minimum absolute atomic E-state index is 0.0389. The topological polar surface area (TPSA) is 63.7 Å². The van der Waals surface area contributed by atoms with E-state index in [1.54, 1.807) is 17.0 Å². The van der Waals surface area contributed by atoms with Gasteiger partial charge in [0, 0.05) is 18.5 Å². The Balaban J connectivity index is 1.50. The van der Waals surface area contributed by atoms with Crippen LogP contribution in [0.5, 0.6) is 5.75 Å². The van der Waals surface area contributed by atoms with Crippen LogP contribution in [0.3, 0.4) is 0 Å². The van der Waals surface area contributed by atoms with Crippen LogP contribution in [0.15, 0.2) is 83.8 Å². The predicted molar refractivity (Wildman–Crippen MR) is 133 cm³/mol. The highest BCUT2D eigenvalue weighted by molar-refractivity contribution is 7.87. The number of nitrogens with zero attached hydrogens (tertiary/aromatic N) is 1. The molecule has 0 bridgehead atoms. The number of carbonyl (C=O) groups excluding carboxylic acids is 1. The molecule has 1 amide bonds. The molecule has 3 unspecified atom stereocenters. The third-order valence-electron chi connectivity index (χ3n) is 6.65. The van der Waals surface area contributed by atoms with Crippen molar-refractivity contribution in [2.45, 2.75) is 56.3 Å². The van der Waals surface area contributed by atoms with Crippen LogP contribution in [0, 0.1) is 5.92 Å². The molecule has 3 atom stereocenters. The first-order chi connectivity index (χ1) is 17.5. The van der Waals surface area contributed by atoms with Crippen molar-refractivity contribution in [1.29, 1.82) is 0 Å². The first-order valence-electron chi connectivity index (χ1n) is 12.1. The van der Waals surface area contributed by atoms with Gasteiger partial charge in [-0.2, -0.15) is 21.6 Å². The first kappa shape index (κ1) is 26.7. The van der Waals surface area contributed by atoms with E-state index in [-0.39, 0.29) is 36.1 Å². The highest BCUT2D eigenvalue weighted by atomic mass is 32.2. The van der Waals surface area contributed by atoms with E-state index < -0.39 is 26.8 Å². The fraction of sp³-hybridized carbons (Fsp3) is 0.321. The molecule has 1 aliphatic rings. The Morgan fingerprint density at radius 2 is 1.73 bits per heavy atom. The van der Waals surface area contributed by atoms with Gasteiger partial charge in [-0.3, -0.25) is 4.79 Å². The number of hydrogen-bond donors (Lipinski definition) is 0. The minimum atomic E-state index is -4.68. The van der Waals surface area contributed by atoms with Gasteiger partial charge in [-0.05, 0) is 67.1 Å². The maximum atomic E-state index is 13.4. The summed E-state index contributed by atoms with van der Waals surface area (Å²) in [7, 11) is -4.50. The van der Waals surface area contributed by atoms with Crippen LogP contribution in [-0.2, 0) is 27.6 Å². The lowest BCUT2D eigenvalue weighted by Gasteiger charge is -2.29. The van der Waals surface area contributed by atoms with E-state index in [1.807, 2.05) is 44.2 Å². The quantitative estimate of drug-likeness (QED) is 0.300. The van der Waals surface area contributed by atoms with Crippen molar-refractivity contribution in [2.75, 3.05) is 0 Å². The molecule has 0 spiro atoms. The molecule has 37 heavy (non-hydrogen) atoms. The van der Waals surface area contributed by atoms with Gasteiger partial charge in [-0.15, -0.1) is 0 Å². The summed E-state index contributed by atoms with van der Waals surface area (Å²) in [5.74, 6) is 0.0933. The van der Waals surface area contributed by atoms with Crippen LogP contribution in [-0.4, -0.2) is 25.3 Å². The van der Waals surface area contributed by atoms with Crippen LogP contribution >= 0.6 is 0 Å². The second-order valence-corrected chi connectivity index (χ2v) is 10.8. The van der Waals surface area contributed by atoms with Gasteiger partial charge < -0.3 is 9.08 Å². The summed E-state index contributed by atoms with van der Waals surface area (Å²) in [5.41, 5.74) is 0.713. The normalized spacial score (nSPS) is 18.2. The molecule has 3 aromatic carbocycles. The molecule has 5 nitrogen and oxygen atoms in total. The molecule has 196 valence electrons. The van der Waals surface area contributed by atoms with Crippen molar-refractivity contribution in [3.05, 3.63) is 95.6 Å². The van der Waals surface area contributed by atoms with Gasteiger partial charge in [0.2, 0.25) is 5.91 Å². The third-order valence-corrected chi connectivity index (χ3v) is 7.89. The molecule has 3 aromatic rings. The van der Waals surface area contributed by atoms with Crippen molar-refractivity contribution in [1.82, 2.24) is 4.90 Å². The van der Waals surface area contributed by atoms with Gasteiger partial charge >= 0.3 is 16.3 Å². The van der Waals surface area contributed by atoms with Crippen molar-refractivity contribution in [3.8, 4) is 5.75 Å². The lowest BCUT2D eigenvalue weighted by atomic mass is 10.1. The Hall–Kier alpha value is -3.33. The van der Waals surface area contributed by atoms with Gasteiger partial charge in [0.15, 0.2) is 0 Å². The maximum Gasteiger partial charge on any atom is 0.416 e. The highest BCUT2D eigenvalue weighted by Gasteiger charge is 2.46. The molecule has 0 heterocycles. The summed E-state index contributed by atoms with van der Waals surface area (Å²) in [4.78, 5) is 14.6. The zero-order valence-corrected chi connectivity index (χ0v) is 21.3. The summed E-state index contributed by atoms with van der Waals surface area (Å²) in [5, 5.41) is 0. The van der Waals surface area contributed by atoms with E-state index in [9.17, 15) is 26.4 Å². The number of halogens is 3. The fourth-order valence-electron chi connectivity index (χ4n) is 4.32. The molecule has 0 saturated heterocycles. The van der Waals surface area contributed by atoms with E-state index in [0.29, 0.717) is 11.6 Å². The molecule has 0 radical (unpaired) electrons. The van der Waals surface area contributed by atoms with Crippen LogP contribution in [0.25, 0.3) is 0 Å². The maximum absolute atomic E-state index is 13.4. The minimum Gasteiger partial charge on any atom is -0.379 e. The van der Waals surface area contributed by atoms with E-state index in [1.165, 1.54) is 12.1 Å². The number of rotatable bonds is 9. The van der Waals surface area contributed by atoms with Gasteiger partial charge in [0.1, 0.15) is 10.6 Å². The van der Waals surface area contributed by atoms with Crippen LogP contribution in [0.2, 0.25) is 0 Å². The lowest BCUT2D eigenvalue weighted by molar-refractivity contribution is -0.138. The smallest absolute Gasteiger partial charge is 0.379 e. The summed E-state index contributed by atoms with van der Waals surface area (Å²) < 4.78 is 69.6. The predicted octanol–water partition coefficient (Wildman–Crippen LogP) is 6.40. The van der Waals surface area contributed by atoms with Crippen LogP contribution in [0.1, 0.15) is 49.3 Å². The third kappa shape index (κ3) is 6.33. The molecule has 0 aromatic heterocycles. The second-order valence-electron chi connectivity index (χ2n) is 9.29. The molecule has 9 heteroatoms. The van der Waals surface area contributed by atoms with Gasteiger partial charge in [-0.1, -0.05) is 55.5 Å². The molecule has 0 N–H and O–H groups in total. The fourth-order valence-corrected chi connectivity index (χ4v) is 5.29. The van der Waals surface area contributed by atoms with E-state index in [4.69, 9.17) is 4.18 Å². The monoisotopic (exact) mass is 531 g/mol. The SMILES string of the molecule is CCC(C)N(Cc1cccc(OS(=O)(=O)c2cccc(C(F)(F)F)c2)c1)C(=O)C1CC1c1ccccc1. The summed E-state index contributed by atoms with van der Waals surface area (Å²) in [6.45, 7) is 4.22. The summed E-state index contributed by atoms with van der Waals surface area (Å²) in [6.07, 6.45) is -3.15. The van der Waals surface area contributed by atoms with Gasteiger partial charge in [0.25, 0.3) is 0 Å². The first-order valence-corrected chi connectivity index (χ1v) is 13.5. The number of amides is 1. The Labute approximate surface area is 215 Å². The van der Waals surface area contributed by atoms with E-state index >= 15 is 0 Å². The largest absolute Gasteiger partial charge is 0.416 e. The zero-order valence-electron chi connectivity index (χ0n) is 20.5. The molecular weight excluding hydrogens is 503 g/mol. The Morgan fingerprint density at radius 1 is 1.03 bits per heavy atom. The van der Waals surface area contributed by atoms with Crippen LogP contribution < -0.4 is 4.18 Å². The molecule has 1 aliphatic carbocycles. The van der Waals surface area contributed by atoms with Gasteiger partial charge in [0.05, 0.1) is 5.56 Å². The standard InChI is InChI=1S/C28H28F3NO4S/c1-3-19(2)32(27(33)26-17-25(26)21-10-5-4-6-11-21)18-20-9-7-13-23(15-20)36-37(34,35)24-14-8-12-22(16-24)28(29,30)31/h4-16,19,25-26H,3,17-18H2,1-2H3. The summed E-state index contributed by atoms with van der Waals surface area (Å²) in [6, 6.07) is 19.5. The average Bonchev–Trinajstić information content (AvgIpc) is 3.68. The second kappa shape index (κ2) is 10.6. The van der Waals surface area contributed by atoms with Crippen molar-refractivity contribution >= 4 is 16.0 Å². The molecule has 4 rings (SSSR count). The number of hydrogen-bond acceptors (Lipinski definition) is 4. The molecular formula is C28H28F3NO4S. The van der Waals surface area contributed by atoms with E-state index in [2.05, 4.69) is 0 Å². The Morgan fingerprint density at radius 3 is 2.41 bits per heavy atom. The number of alkyl halides is 3.